The summed E-state index contributed by atoms with van der Waals surface area (Å²) in [5.41, 5.74) is 1.72. The number of carbonyl (C=O) groups is 1. The molecule has 35 heavy (non-hydrogen) atoms. The van der Waals surface area contributed by atoms with Crippen LogP contribution in [0.15, 0.2) is 47.4 Å². The lowest BCUT2D eigenvalue weighted by Gasteiger charge is -2.19. The van der Waals surface area contributed by atoms with Gasteiger partial charge in [0.15, 0.2) is 5.82 Å². The van der Waals surface area contributed by atoms with E-state index in [-0.39, 0.29) is 35.9 Å². The van der Waals surface area contributed by atoms with Gasteiger partial charge < -0.3 is 18.9 Å². The number of aromatic nitrogens is 3. The van der Waals surface area contributed by atoms with E-state index in [0.717, 1.165) is 30.6 Å². The van der Waals surface area contributed by atoms with Crippen molar-refractivity contribution in [2.45, 2.75) is 51.0 Å². The summed E-state index contributed by atoms with van der Waals surface area (Å²) in [5, 5.41) is 3.80. The van der Waals surface area contributed by atoms with Gasteiger partial charge >= 0.3 is 0 Å². The first-order valence-corrected chi connectivity index (χ1v) is 12.1. The Kier molecular flexibility index (Phi) is 6.92. The number of halogens is 1. The van der Waals surface area contributed by atoms with Crippen LogP contribution in [-0.4, -0.2) is 46.7 Å². The molecule has 0 N–H and O–H groups in total. The maximum absolute atomic E-state index is 14.9. The number of ether oxygens (including phenoxy) is 2. The SMILES string of the molecule is C[C@H](CC(=O)Cc1ccon1)c1ccc(OC2CCN(c3ncnc(OCC4CC4)c3F)C2)cc1. The van der Waals surface area contributed by atoms with E-state index in [0.29, 0.717) is 37.7 Å². The summed E-state index contributed by atoms with van der Waals surface area (Å²) < 4.78 is 31.4. The molecule has 1 aliphatic carbocycles. The molecule has 2 aliphatic rings. The van der Waals surface area contributed by atoms with Gasteiger partial charge in [-0.15, -0.1) is 0 Å². The van der Waals surface area contributed by atoms with E-state index in [9.17, 15) is 9.18 Å². The lowest BCUT2D eigenvalue weighted by Crippen LogP contribution is -2.26. The highest BCUT2D eigenvalue weighted by atomic mass is 19.1. The van der Waals surface area contributed by atoms with Crippen LogP contribution in [0.1, 0.15) is 49.8 Å². The van der Waals surface area contributed by atoms with E-state index in [1.807, 2.05) is 36.1 Å². The predicted octanol–water partition coefficient (Wildman–Crippen LogP) is 4.36. The zero-order chi connectivity index (χ0) is 24.2. The molecule has 2 fully saturated rings. The second kappa shape index (κ2) is 10.4. The largest absolute Gasteiger partial charge is 0.489 e. The van der Waals surface area contributed by atoms with Crippen molar-refractivity contribution in [3.05, 3.63) is 60.0 Å². The smallest absolute Gasteiger partial charge is 0.255 e. The Morgan fingerprint density at radius 1 is 1.20 bits per heavy atom. The summed E-state index contributed by atoms with van der Waals surface area (Å²) in [7, 11) is 0. The number of ketones is 1. The van der Waals surface area contributed by atoms with Crippen LogP contribution in [0.25, 0.3) is 0 Å². The van der Waals surface area contributed by atoms with Crippen LogP contribution >= 0.6 is 0 Å². The number of hydrogen-bond acceptors (Lipinski definition) is 8. The number of carbonyl (C=O) groups excluding carboxylic acids is 1. The molecule has 0 bridgehead atoms. The van der Waals surface area contributed by atoms with Crippen LogP contribution in [0.3, 0.4) is 0 Å². The Bertz CT molecular complexity index is 1130. The number of rotatable bonds is 11. The summed E-state index contributed by atoms with van der Waals surface area (Å²) in [6, 6.07) is 9.53. The summed E-state index contributed by atoms with van der Waals surface area (Å²) in [6.07, 6.45) is 6.48. The molecule has 2 aromatic heterocycles. The third-order valence-corrected chi connectivity index (χ3v) is 6.49. The van der Waals surface area contributed by atoms with E-state index in [1.54, 1.807) is 6.07 Å². The van der Waals surface area contributed by atoms with E-state index in [4.69, 9.17) is 14.0 Å². The molecule has 2 atom stereocenters. The summed E-state index contributed by atoms with van der Waals surface area (Å²) >= 11 is 0. The molecule has 0 radical (unpaired) electrons. The van der Waals surface area contributed by atoms with Gasteiger partial charge in [0.1, 0.15) is 30.2 Å². The van der Waals surface area contributed by atoms with Crippen LogP contribution in [0, 0.1) is 11.7 Å². The minimum Gasteiger partial charge on any atom is -0.489 e. The summed E-state index contributed by atoms with van der Waals surface area (Å²) in [4.78, 5) is 22.3. The summed E-state index contributed by atoms with van der Waals surface area (Å²) in [5.74, 6) is 1.25. The first kappa shape index (κ1) is 23.3. The molecule has 3 heterocycles. The molecule has 1 aromatic carbocycles. The summed E-state index contributed by atoms with van der Waals surface area (Å²) in [6.45, 7) is 3.71. The van der Waals surface area contributed by atoms with E-state index in [2.05, 4.69) is 15.1 Å². The Labute approximate surface area is 203 Å². The Morgan fingerprint density at radius 3 is 2.77 bits per heavy atom. The lowest BCUT2D eigenvalue weighted by molar-refractivity contribution is -0.118. The van der Waals surface area contributed by atoms with Crippen molar-refractivity contribution in [2.24, 2.45) is 5.92 Å². The standard InChI is InChI=1S/C26H29FN4O4/c1-17(12-21(32)13-20-9-11-34-30-20)19-4-6-22(7-5-19)35-23-8-10-31(14-23)25-24(27)26(29-16-28-25)33-15-18-2-3-18/h4-7,9,11,16-18,23H,2-3,8,10,12-15H2,1H3/t17-,23?/m1/s1. The van der Waals surface area contributed by atoms with Gasteiger partial charge in [-0.1, -0.05) is 24.2 Å². The fourth-order valence-electron chi connectivity index (χ4n) is 4.29. The van der Waals surface area contributed by atoms with Gasteiger partial charge in [0.25, 0.3) is 5.88 Å². The second-order valence-electron chi connectivity index (χ2n) is 9.43. The van der Waals surface area contributed by atoms with Gasteiger partial charge in [-0.3, -0.25) is 4.79 Å². The van der Waals surface area contributed by atoms with Crippen LogP contribution < -0.4 is 14.4 Å². The monoisotopic (exact) mass is 480 g/mol. The van der Waals surface area contributed by atoms with E-state index in [1.165, 1.54) is 12.6 Å². The zero-order valence-electron chi connectivity index (χ0n) is 19.7. The topological polar surface area (TPSA) is 90.6 Å². The number of anilines is 1. The molecule has 1 saturated heterocycles. The molecule has 3 aromatic rings. The van der Waals surface area contributed by atoms with Gasteiger partial charge in [-0.2, -0.15) is 9.37 Å². The van der Waals surface area contributed by atoms with Crippen molar-refractivity contribution in [3.8, 4) is 11.6 Å². The fraction of sp³-hybridized carbons (Fsp3) is 0.462. The van der Waals surface area contributed by atoms with Gasteiger partial charge in [0.2, 0.25) is 5.82 Å². The Morgan fingerprint density at radius 2 is 2.03 bits per heavy atom. The van der Waals surface area contributed by atoms with Crippen LogP contribution in [0.5, 0.6) is 11.6 Å². The molecule has 1 unspecified atom stereocenters. The van der Waals surface area contributed by atoms with Crippen molar-refractivity contribution in [1.82, 2.24) is 15.1 Å². The van der Waals surface area contributed by atoms with Crippen molar-refractivity contribution < 1.29 is 23.2 Å². The lowest BCUT2D eigenvalue weighted by atomic mass is 9.94. The molecule has 0 spiro atoms. The Hall–Kier alpha value is -3.49. The molecule has 1 saturated carbocycles. The normalized spacial score (nSPS) is 18.5. The number of Topliss-reactive ketones (excluding diaryl/α,β-unsaturated/α-hetero) is 1. The average Bonchev–Trinajstić information content (AvgIpc) is 3.32. The molecular weight excluding hydrogens is 451 g/mol. The van der Waals surface area contributed by atoms with Crippen molar-refractivity contribution in [3.63, 3.8) is 0 Å². The van der Waals surface area contributed by atoms with Gasteiger partial charge in [0, 0.05) is 25.5 Å². The van der Waals surface area contributed by atoms with Gasteiger partial charge in [-0.05, 0) is 42.4 Å². The van der Waals surface area contributed by atoms with Crippen LogP contribution in [0.4, 0.5) is 10.2 Å². The van der Waals surface area contributed by atoms with Crippen molar-refractivity contribution >= 4 is 11.6 Å². The fourth-order valence-corrected chi connectivity index (χ4v) is 4.29. The van der Waals surface area contributed by atoms with Gasteiger partial charge in [0.05, 0.1) is 25.3 Å². The average molecular weight is 481 g/mol. The molecule has 184 valence electrons. The number of nitrogens with zero attached hydrogens (tertiary/aromatic N) is 4. The Balaban J connectivity index is 1.13. The number of benzene rings is 1. The minimum atomic E-state index is -0.509. The number of hydrogen-bond donors (Lipinski definition) is 0. The molecular formula is C26H29FN4O4. The molecule has 0 amide bonds. The van der Waals surface area contributed by atoms with Crippen molar-refractivity contribution in [2.75, 3.05) is 24.6 Å². The quantitative estimate of drug-likeness (QED) is 0.400. The highest BCUT2D eigenvalue weighted by molar-refractivity contribution is 5.81. The molecule has 9 heteroatoms. The minimum absolute atomic E-state index is 0.0236. The molecule has 1 aliphatic heterocycles. The zero-order valence-corrected chi connectivity index (χ0v) is 19.7. The van der Waals surface area contributed by atoms with Crippen LogP contribution in [0.2, 0.25) is 0 Å². The second-order valence-corrected chi connectivity index (χ2v) is 9.43. The highest BCUT2D eigenvalue weighted by Crippen LogP contribution is 2.32. The maximum atomic E-state index is 14.9. The molecule has 8 nitrogen and oxygen atoms in total. The third-order valence-electron chi connectivity index (χ3n) is 6.49. The van der Waals surface area contributed by atoms with Crippen molar-refractivity contribution in [1.29, 1.82) is 0 Å². The highest BCUT2D eigenvalue weighted by Gasteiger charge is 2.29. The van der Waals surface area contributed by atoms with Crippen LogP contribution in [-0.2, 0) is 11.2 Å². The maximum Gasteiger partial charge on any atom is 0.255 e. The predicted molar refractivity (Wildman–Crippen MR) is 126 cm³/mol. The first-order valence-electron chi connectivity index (χ1n) is 12.1. The first-order chi connectivity index (χ1) is 17.0. The third kappa shape index (κ3) is 5.96. The van der Waals surface area contributed by atoms with Gasteiger partial charge in [-0.25, -0.2) is 4.98 Å². The van der Waals surface area contributed by atoms with E-state index < -0.39 is 5.82 Å². The molecule has 5 rings (SSSR count). The van der Waals surface area contributed by atoms with E-state index >= 15 is 0 Å².